The standard InChI is InChI=1S/C25H30N4O4.C17H20N2O3/c1-31-20-6-7-21-22(13-20)29(25(30)16-28-21)9-8-17-2-4-18(5-3-17)26-14-19-12-23-24(15-27-19)33-11-10-32-23;1-22-14-6-7-15-16(10-14)19(17(21)11-18-15)9-8-12-2-4-13(20)5-3-12/h6-7,12-13,15-18,26H,2-5,8-11,14H2,1H3;6-7,10-12H,2-5,8-9H2,1H3. The number of fused-ring (bicyclic) bond motifs is 3. The summed E-state index contributed by atoms with van der Waals surface area (Å²) in [6.07, 6.45) is 14.3. The average Bonchev–Trinajstić information content (AvgIpc) is 3.23. The van der Waals surface area contributed by atoms with Crippen LogP contribution >= 0.6 is 0 Å². The molecule has 0 saturated heterocycles. The summed E-state index contributed by atoms with van der Waals surface area (Å²) < 4.78 is 25.4. The third-order valence-electron chi connectivity index (χ3n) is 11.2. The van der Waals surface area contributed by atoms with Crippen molar-refractivity contribution in [2.24, 2.45) is 11.8 Å². The van der Waals surface area contributed by atoms with E-state index in [-0.39, 0.29) is 11.1 Å². The van der Waals surface area contributed by atoms with Crippen LogP contribution < -0.4 is 35.4 Å². The van der Waals surface area contributed by atoms with Crippen LogP contribution in [0.25, 0.3) is 22.1 Å². The van der Waals surface area contributed by atoms with Crippen LogP contribution in [0.3, 0.4) is 0 Å². The Kier molecular flexibility index (Phi) is 12.4. The Morgan fingerprint density at radius 2 is 1.22 bits per heavy atom. The molecule has 55 heavy (non-hydrogen) atoms. The van der Waals surface area contributed by atoms with Gasteiger partial charge in [-0.3, -0.25) is 19.4 Å². The molecule has 0 spiro atoms. The number of pyridine rings is 1. The third kappa shape index (κ3) is 9.51. The van der Waals surface area contributed by atoms with Crippen LogP contribution in [-0.2, 0) is 24.4 Å². The van der Waals surface area contributed by atoms with Gasteiger partial charge in [-0.05, 0) is 87.5 Å². The minimum absolute atomic E-state index is 0.0574. The lowest BCUT2D eigenvalue weighted by atomic mass is 9.84. The second kappa shape index (κ2) is 17.9. The predicted octanol–water partition coefficient (Wildman–Crippen LogP) is 5.86. The van der Waals surface area contributed by atoms with Crippen molar-refractivity contribution in [3.8, 4) is 23.0 Å². The topological polar surface area (TPSA) is 149 Å². The highest BCUT2D eigenvalue weighted by molar-refractivity contribution is 5.79. The number of Topliss-reactive ketones (excluding diaryl/α,β-unsaturated/α-hetero) is 1. The Bertz CT molecular complexity index is 2220. The van der Waals surface area contributed by atoms with Gasteiger partial charge in [-0.1, -0.05) is 0 Å². The van der Waals surface area contributed by atoms with E-state index in [4.69, 9.17) is 18.9 Å². The average molecular weight is 751 g/mol. The fraction of sp³-hybridized carbons (Fsp3) is 0.476. The van der Waals surface area contributed by atoms with E-state index in [0.29, 0.717) is 62.8 Å². The smallest absolute Gasteiger partial charge is 0.269 e. The first-order chi connectivity index (χ1) is 26.9. The molecule has 0 atom stereocenters. The van der Waals surface area contributed by atoms with Crippen molar-refractivity contribution in [1.29, 1.82) is 0 Å². The molecule has 3 aliphatic rings. The van der Waals surface area contributed by atoms with Crippen molar-refractivity contribution in [3.63, 3.8) is 0 Å². The first kappa shape index (κ1) is 38.0. The zero-order chi connectivity index (χ0) is 38.1. The van der Waals surface area contributed by atoms with Gasteiger partial charge in [0.1, 0.15) is 30.5 Å². The summed E-state index contributed by atoms with van der Waals surface area (Å²) in [5.74, 6) is 4.49. The van der Waals surface area contributed by atoms with Crippen molar-refractivity contribution < 1.29 is 23.7 Å². The molecule has 2 aromatic carbocycles. The number of hydrogen-bond acceptors (Lipinski definition) is 11. The van der Waals surface area contributed by atoms with Crippen molar-refractivity contribution in [2.75, 3.05) is 27.4 Å². The van der Waals surface area contributed by atoms with Gasteiger partial charge >= 0.3 is 0 Å². The molecule has 1 N–H and O–H groups in total. The largest absolute Gasteiger partial charge is 0.497 e. The van der Waals surface area contributed by atoms with Crippen LogP contribution in [0, 0.1) is 11.8 Å². The van der Waals surface area contributed by atoms with E-state index < -0.39 is 0 Å². The zero-order valence-corrected chi connectivity index (χ0v) is 31.7. The number of aromatic nitrogens is 5. The number of carbonyl (C=O) groups excluding carboxylic acids is 1. The van der Waals surface area contributed by atoms with E-state index in [9.17, 15) is 14.4 Å². The van der Waals surface area contributed by atoms with Gasteiger partial charge in [0.15, 0.2) is 11.5 Å². The lowest BCUT2D eigenvalue weighted by Crippen LogP contribution is -2.33. The van der Waals surface area contributed by atoms with E-state index in [0.717, 1.165) is 109 Å². The molecule has 13 heteroatoms. The molecule has 2 fully saturated rings. The van der Waals surface area contributed by atoms with Gasteiger partial charge in [0, 0.05) is 56.7 Å². The van der Waals surface area contributed by atoms with E-state index >= 15 is 0 Å². The lowest BCUT2D eigenvalue weighted by Gasteiger charge is -2.29. The maximum atomic E-state index is 12.5. The molecule has 0 radical (unpaired) electrons. The second-order valence-electron chi connectivity index (χ2n) is 14.7. The van der Waals surface area contributed by atoms with Gasteiger partial charge in [-0.2, -0.15) is 0 Å². The molecule has 5 aromatic rings. The SMILES string of the molecule is COc1ccc2ncc(=O)n(CCC3CCC(=O)CC3)c2c1.COc1ccc2ncc(=O)n(CCC3CCC(NCc4cc5c(cn4)OCCO5)CC3)c2c1. The minimum Gasteiger partial charge on any atom is -0.497 e. The quantitative estimate of drug-likeness (QED) is 0.173. The van der Waals surface area contributed by atoms with E-state index in [1.807, 2.05) is 47.0 Å². The molecule has 0 bridgehead atoms. The maximum absolute atomic E-state index is 12.5. The molecule has 290 valence electrons. The summed E-state index contributed by atoms with van der Waals surface area (Å²) >= 11 is 0. The molecule has 8 rings (SSSR count). The van der Waals surface area contributed by atoms with Crippen LogP contribution in [-0.4, -0.2) is 63.3 Å². The van der Waals surface area contributed by atoms with Crippen molar-refractivity contribution in [2.45, 2.75) is 89.9 Å². The molecule has 0 amide bonds. The van der Waals surface area contributed by atoms with Crippen LogP contribution in [0.5, 0.6) is 23.0 Å². The van der Waals surface area contributed by atoms with Gasteiger partial charge in [-0.25, -0.2) is 9.97 Å². The number of rotatable bonds is 11. The van der Waals surface area contributed by atoms with Gasteiger partial charge < -0.3 is 33.4 Å². The lowest BCUT2D eigenvalue weighted by molar-refractivity contribution is -0.121. The Morgan fingerprint density at radius 3 is 1.78 bits per heavy atom. The molecule has 13 nitrogen and oxygen atoms in total. The van der Waals surface area contributed by atoms with Gasteiger partial charge in [0.2, 0.25) is 0 Å². The molecular weight excluding hydrogens is 700 g/mol. The molecule has 2 saturated carbocycles. The first-order valence-electron chi connectivity index (χ1n) is 19.4. The number of nitrogens with one attached hydrogen (secondary N) is 1. The van der Waals surface area contributed by atoms with Gasteiger partial charge in [-0.15, -0.1) is 0 Å². The number of ether oxygens (including phenoxy) is 4. The van der Waals surface area contributed by atoms with Crippen molar-refractivity contribution in [3.05, 3.63) is 87.5 Å². The van der Waals surface area contributed by atoms with Crippen LogP contribution in [0.4, 0.5) is 0 Å². The highest BCUT2D eigenvalue weighted by atomic mass is 16.6. The highest BCUT2D eigenvalue weighted by Gasteiger charge is 2.22. The molecular formula is C42H50N6O7. The van der Waals surface area contributed by atoms with Crippen molar-refractivity contribution in [1.82, 2.24) is 29.4 Å². The number of ketones is 1. The summed E-state index contributed by atoms with van der Waals surface area (Å²) in [5, 5.41) is 3.65. The van der Waals surface area contributed by atoms with Crippen LogP contribution in [0.15, 0.2) is 70.6 Å². The summed E-state index contributed by atoms with van der Waals surface area (Å²) in [5.41, 5.74) is 4.07. The zero-order valence-electron chi connectivity index (χ0n) is 31.7. The monoisotopic (exact) mass is 750 g/mol. The predicted molar refractivity (Wildman–Crippen MR) is 209 cm³/mol. The number of carbonyl (C=O) groups is 1. The molecule has 1 aliphatic heterocycles. The summed E-state index contributed by atoms with van der Waals surface area (Å²) in [4.78, 5) is 48.9. The second-order valence-corrected chi connectivity index (χ2v) is 14.7. The highest BCUT2D eigenvalue weighted by Crippen LogP contribution is 2.31. The number of methoxy groups -OCH3 is 2. The molecule has 0 unspecified atom stereocenters. The minimum atomic E-state index is -0.0901. The first-order valence-corrected chi connectivity index (χ1v) is 19.4. The van der Waals surface area contributed by atoms with Gasteiger partial charge in [0.05, 0.1) is 60.6 Å². The number of aryl methyl sites for hydroxylation is 2. The third-order valence-corrected chi connectivity index (χ3v) is 11.2. The summed E-state index contributed by atoms with van der Waals surface area (Å²) in [6.45, 7) is 3.25. The molecule has 4 heterocycles. The van der Waals surface area contributed by atoms with E-state index in [1.54, 1.807) is 25.0 Å². The van der Waals surface area contributed by atoms with E-state index in [1.165, 1.54) is 12.4 Å². The Labute approximate surface area is 320 Å². The Morgan fingerprint density at radius 1 is 0.673 bits per heavy atom. The van der Waals surface area contributed by atoms with Gasteiger partial charge in [0.25, 0.3) is 11.1 Å². The summed E-state index contributed by atoms with van der Waals surface area (Å²) in [6, 6.07) is 13.7. The number of hydrogen-bond donors (Lipinski definition) is 1. The fourth-order valence-corrected chi connectivity index (χ4v) is 7.90. The van der Waals surface area contributed by atoms with E-state index in [2.05, 4.69) is 20.3 Å². The Balaban J connectivity index is 0.000000184. The number of benzene rings is 2. The van der Waals surface area contributed by atoms with Crippen LogP contribution in [0.1, 0.15) is 69.9 Å². The Hall–Kier alpha value is -5.30. The normalized spacial score (nSPS) is 18.5. The van der Waals surface area contributed by atoms with Crippen molar-refractivity contribution >= 4 is 27.9 Å². The maximum Gasteiger partial charge on any atom is 0.269 e. The molecule has 2 aliphatic carbocycles. The van der Waals surface area contributed by atoms with Crippen LogP contribution in [0.2, 0.25) is 0 Å². The number of nitrogens with zero attached hydrogens (tertiary/aromatic N) is 5. The fourth-order valence-electron chi connectivity index (χ4n) is 7.90. The molecule has 3 aromatic heterocycles. The summed E-state index contributed by atoms with van der Waals surface area (Å²) in [7, 11) is 3.25.